The Kier molecular flexibility index (Phi) is 5.35. The molecule has 0 saturated carbocycles. The molecular formula is C23H26N2O2. The van der Waals surface area contributed by atoms with E-state index in [-0.39, 0.29) is 30.6 Å². The lowest BCUT2D eigenvalue weighted by molar-refractivity contribution is -0.122. The number of carbonyl (C=O) groups is 2. The Morgan fingerprint density at radius 1 is 0.852 bits per heavy atom. The Bertz CT molecular complexity index is 789. The van der Waals surface area contributed by atoms with Crippen LogP contribution in [0, 0.1) is 0 Å². The molecule has 2 fully saturated rings. The van der Waals surface area contributed by atoms with Crippen LogP contribution in [0.1, 0.15) is 48.9 Å². The molecule has 0 aliphatic carbocycles. The molecule has 1 amide bonds. The summed E-state index contributed by atoms with van der Waals surface area (Å²) in [5.41, 5.74) is 2.89. The molecule has 4 heteroatoms. The molecule has 0 spiro atoms. The first kappa shape index (κ1) is 17.9. The van der Waals surface area contributed by atoms with E-state index in [2.05, 4.69) is 10.6 Å². The zero-order chi connectivity index (χ0) is 18.6. The maximum atomic E-state index is 12.4. The lowest BCUT2D eigenvalue weighted by atomic mass is 9.99. The second-order valence-corrected chi connectivity index (χ2v) is 7.74. The fourth-order valence-electron chi connectivity index (χ4n) is 4.33. The fraction of sp³-hybridized carbons (Fsp3) is 0.391. The Morgan fingerprint density at radius 3 is 2.15 bits per heavy atom. The first-order valence-corrected chi connectivity index (χ1v) is 9.91. The molecule has 0 radical (unpaired) electrons. The highest BCUT2D eigenvalue weighted by Crippen LogP contribution is 2.27. The summed E-state index contributed by atoms with van der Waals surface area (Å²) < 4.78 is 0. The molecule has 2 aromatic rings. The van der Waals surface area contributed by atoms with E-state index >= 15 is 0 Å². The van der Waals surface area contributed by atoms with Crippen molar-refractivity contribution >= 4 is 11.7 Å². The zero-order valence-corrected chi connectivity index (χ0v) is 15.5. The molecule has 4 rings (SSSR count). The van der Waals surface area contributed by atoms with Crippen LogP contribution in [0.15, 0.2) is 54.6 Å². The van der Waals surface area contributed by atoms with Gasteiger partial charge in [-0.3, -0.25) is 9.59 Å². The van der Waals surface area contributed by atoms with Crippen molar-refractivity contribution < 1.29 is 9.59 Å². The Hall–Kier alpha value is -2.46. The fourth-order valence-corrected chi connectivity index (χ4v) is 4.33. The predicted molar refractivity (Wildman–Crippen MR) is 107 cm³/mol. The molecule has 2 aromatic carbocycles. The first-order valence-electron chi connectivity index (χ1n) is 9.91. The number of hydrogen-bond acceptors (Lipinski definition) is 3. The van der Waals surface area contributed by atoms with Crippen molar-refractivity contribution in [2.75, 3.05) is 0 Å². The van der Waals surface area contributed by atoms with Gasteiger partial charge < -0.3 is 10.6 Å². The molecule has 2 heterocycles. The number of fused-ring (bicyclic) bond motifs is 2. The molecule has 2 saturated heterocycles. The summed E-state index contributed by atoms with van der Waals surface area (Å²) in [6.45, 7) is 0. The molecule has 140 valence electrons. The van der Waals surface area contributed by atoms with Gasteiger partial charge in [-0.25, -0.2) is 0 Å². The molecule has 27 heavy (non-hydrogen) atoms. The highest BCUT2D eigenvalue weighted by molar-refractivity contribution is 5.98. The van der Waals surface area contributed by atoms with E-state index in [1.54, 1.807) is 0 Å². The van der Waals surface area contributed by atoms with Crippen molar-refractivity contribution in [1.29, 1.82) is 0 Å². The number of carbonyl (C=O) groups excluding carboxylic acids is 2. The number of piperidine rings is 1. The van der Waals surface area contributed by atoms with Gasteiger partial charge in [-0.2, -0.15) is 0 Å². The van der Waals surface area contributed by atoms with Gasteiger partial charge in [0.1, 0.15) is 0 Å². The average Bonchev–Trinajstić information content (AvgIpc) is 3.05. The summed E-state index contributed by atoms with van der Waals surface area (Å²) in [5.74, 6) is 0.0192. The summed E-state index contributed by atoms with van der Waals surface area (Å²) in [6.07, 6.45) is 4.98. The monoisotopic (exact) mass is 362 g/mol. The van der Waals surface area contributed by atoms with Crippen LogP contribution < -0.4 is 10.6 Å². The third-order valence-corrected chi connectivity index (χ3v) is 5.73. The highest BCUT2D eigenvalue weighted by atomic mass is 16.2. The number of benzene rings is 2. The van der Waals surface area contributed by atoms with Gasteiger partial charge in [-0.15, -0.1) is 0 Å². The van der Waals surface area contributed by atoms with E-state index in [1.165, 1.54) is 12.8 Å². The van der Waals surface area contributed by atoms with E-state index in [0.29, 0.717) is 17.6 Å². The second kappa shape index (κ2) is 8.05. The van der Waals surface area contributed by atoms with Gasteiger partial charge >= 0.3 is 0 Å². The highest BCUT2D eigenvalue weighted by Gasteiger charge is 2.33. The van der Waals surface area contributed by atoms with Crippen LogP contribution >= 0.6 is 0 Å². The number of nitrogens with one attached hydrogen (secondary N) is 2. The second-order valence-electron chi connectivity index (χ2n) is 7.74. The molecule has 2 bridgehead atoms. The molecule has 2 aliphatic heterocycles. The maximum Gasteiger partial charge on any atom is 0.220 e. The van der Waals surface area contributed by atoms with Gasteiger partial charge in [-0.05, 0) is 36.8 Å². The van der Waals surface area contributed by atoms with E-state index < -0.39 is 0 Å². The Labute approximate surface area is 160 Å². The van der Waals surface area contributed by atoms with E-state index in [9.17, 15) is 9.59 Å². The number of Topliss-reactive ketones (excluding diaryl/α,β-unsaturated/α-hetero) is 1. The van der Waals surface area contributed by atoms with Crippen LogP contribution in [-0.2, 0) is 4.79 Å². The van der Waals surface area contributed by atoms with Crippen molar-refractivity contribution in [1.82, 2.24) is 10.6 Å². The lowest BCUT2D eigenvalue weighted by Crippen LogP contribution is -2.48. The summed E-state index contributed by atoms with van der Waals surface area (Å²) in [5, 5.41) is 6.70. The Balaban J connectivity index is 1.27. The molecule has 2 N–H and O–H groups in total. The van der Waals surface area contributed by atoms with Crippen molar-refractivity contribution in [3.63, 3.8) is 0 Å². The molecular weight excluding hydrogens is 336 g/mol. The van der Waals surface area contributed by atoms with Crippen LogP contribution in [-0.4, -0.2) is 29.8 Å². The standard InChI is InChI=1S/C23H26N2O2/c26-22(18-8-6-17(7-9-18)16-4-2-1-3-5-16)12-13-23(27)25-21-14-19-10-11-20(15-21)24-19/h1-9,19-21,24H,10-15H2,(H,25,27). The largest absolute Gasteiger partial charge is 0.353 e. The van der Waals surface area contributed by atoms with Gasteiger partial charge in [0, 0.05) is 36.5 Å². The first-order chi connectivity index (χ1) is 13.2. The summed E-state index contributed by atoms with van der Waals surface area (Å²) in [6, 6.07) is 19.1. The van der Waals surface area contributed by atoms with E-state index in [4.69, 9.17) is 0 Å². The minimum absolute atomic E-state index is 0.00412. The minimum atomic E-state index is -0.00412. The van der Waals surface area contributed by atoms with Crippen LogP contribution in [0.2, 0.25) is 0 Å². The molecule has 2 aliphatic rings. The van der Waals surface area contributed by atoms with Crippen molar-refractivity contribution in [3.8, 4) is 11.1 Å². The topological polar surface area (TPSA) is 58.2 Å². The van der Waals surface area contributed by atoms with Crippen LogP contribution in [0.3, 0.4) is 0 Å². The van der Waals surface area contributed by atoms with Crippen LogP contribution in [0.4, 0.5) is 0 Å². The van der Waals surface area contributed by atoms with Crippen LogP contribution in [0.5, 0.6) is 0 Å². The predicted octanol–water partition coefficient (Wildman–Crippen LogP) is 3.72. The van der Waals surface area contributed by atoms with E-state index in [0.717, 1.165) is 24.0 Å². The number of rotatable bonds is 6. The van der Waals surface area contributed by atoms with Crippen molar-refractivity contribution in [2.45, 2.75) is 56.7 Å². The van der Waals surface area contributed by atoms with Gasteiger partial charge in [0.05, 0.1) is 0 Å². The normalized spacial score (nSPS) is 23.8. The average molecular weight is 362 g/mol. The van der Waals surface area contributed by atoms with Crippen molar-refractivity contribution in [3.05, 3.63) is 60.2 Å². The Morgan fingerprint density at radius 2 is 1.48 bits per heavy atom. The SMILES string of the molecule is O=C(CCC(=O)c1ccc(-c2ccccc2)cc1)NC1CC2CCC(C1)N2. The quantitative estimate of drug-likeness (QED) is 0.770. The number of amides is 1. The molecule has 2 atom stereocenters. The zero-order valence-electron chi connectivity index (χ0n) is 15.5. The third-order valence-electron chi connectivity index (χ3n) is 5.73. The summed E-state index contributed by atoms with van der Waals surface area (Å²) in [7, 11) is 0. The summed E-state index contributed by atoms with van der Waals surface area (Å²) >= 11 is 0. The number of ketones is 1. The van der Waals surface area contributed by atoms with Gasteiger partial charge in [0.25, 0.3) is 0 Å². The van der Waals surface area contributed by atoms with Gasteiger partial charge in [0.15, 0.2) is 5.78 Å². The minimum Gasteiger partial charge on any atom is -0.353 e. The molecule has 0 aromatic heterocycles. The number of hydrogen-bond donors (Lipinski definition) is 2. The molecule has 4 nitrogen and oxygen atoms in total. The van der Waals surface area contributed by atoms with Gasteiger partial charge in [-0.1, -0.05) is 54.6 Å². The van der Waals surface area contributed by atoms with Crippen molar-refractivity contribution in [2.24, 2.45) is 0 Å². The summed E-state index contributed by atoms with van der Waals surface area (Å²) in [4.78, 5) is 24.6. The molecule has 2 unspecified atom stereocenters. The maximum absolute atomic E-state index is 12.4. The van der Waals surface area contributed by atoms with E-state index in [1.807, 2.05) is 54.6 Å². The third kappa shape index (κ3) is 4.45. The smallest absolute Gasteiger partial charge is 0.220 e. The lowest BCUT2D eigenvalue weighted by Gasteiger charge is -2.29. The van der Waals surface area contributed by atoms with Gasteiger partial charge in [0.2, 0.25) is 5.91 Å². The van der Waals surface area contributed by atoms with Crippen LogP contribution in [0.25, 0.3) is 11.1 Å².